The van der Waals surface area contributed by atoms with Crippen molar-refractivity contribution >= 4 is 17.6 Å². The molecule has 0 radical (unpaired) electrons. The van der Waals surface area contributed by atoms with E-state index in [1.165, 1.54) is 16.9 Å². The highest BCUT2D eigenvalue weighted by Crippen LogP contribution is 2.17. The molecule has 1 aromatic rings. The molecule has 0 aliphatic carbocycles. The maximum absolute atomic E-state index is 12.1. The maximum Gasteiger partial charge on any atom is 0.389 e. The van der Waals surface area contributed by atoms with Gasteiger partial charge in [-0.05, 0) is 17.8 Å². The Bertz CT molecular complexity index is 549. The van der Waals surface area contributed by atoms with E-state index in [2.05, 4.69) is 10.5 Å². The summed E-state index contributed by atoms with van der Waals surface area (Å²) in [6.07, 6.45) is 2.49. The number of aromatic nitrogens is 2. The first kappa shape index (κ1) is 14.9. The van der Waals surface area contributed by atoms with Gasteiger partial charge in [0.15, 0.2) is 0 Å². The molecule has 10 nitrogen and oxygen atoms in total. The number of carbonyl (C=O) groups is 2. The second-order valence-electron chi connectivity index (χ2n) is 4.79. The third-order valence-electron chi connectivity index (χ3n) is 3.47. The van der Waals surface area contributed by atoms with Crippen molar-refractivity contribution in [3.8, 4) is 0 Å². The van der Waals surface area contributed by atoms with Crippen molar-refractivity contribution in [1.82, 2.24) is 20.1 Å². The molecule has 0 bridgehead atoms. The molecule has 1 aliphatic rings. The number of hydrogen-bond donors (Lipinski definition) is 2. The molecule has 0 saturated carbocycles. The van der Waals surface area contributed by atoms with Gasteiger partial charge in [-0.3, -0.25) is 15.0 Å². The summed E-state index contributed by atoms with van der Waals surface area (Å²) in [7, 11) is 0. The lowest BCUT2D eigenvalue weighted by Gasteiger charge is -2.30. The van der Waals surface area contributed by atoms with Crippen LogP contribution in [0.2, 0.25) is 0 Å². The molecule has 114 valence electrons. The van der Waals surface area contributed by atoms with Crippen LogP contribution in [-0.4, -0.2) is 44.5 Å². The van der Waals surface area contributed by atoms with E-state index < -0.39 is 4.92 Å². The number of rotatable bonds is 4. The molecular weight excluding hydrogens is 280 g/mol. The summed E-state index contributed by atoms with van der Waals surface area (Å²) in [5.41, 5.74) is 2.11. The topological polar surface area (TPSA) is 136 Å². The van der Waals surface area contributed by atoms with E-state index in [0.29, 0.717) is 25.9 Å². The molecule has 1 aliphatic heterocycles. The third-order valence-corrected chi connectivity index (χ3v) is 3.47. The predicted octanol–water partition coefficient (Wildman–Crippen LogP) is -0.980. The van der Waals surface area contributed by atoms with Crippen LogP contribution in [0.5, 0.6) is 0 Å². The lowest BCUT2D eigenvalue weighted by molar-refractivity contribution is -0.389. The summed E-state index contributed by atoms with van der Waals surface area (Å²) in [5.74, 6) is 4.21. The van der Waals surface area contributed by atoms with Crippen LogP contribution in [0.25, 0.3) is 0 Å². The Morgan fingerprint density at radius 2 is 2.14 bits per heavy atom. The molecule has 1 aromatic heterocycles. The minimum atomic E-state index is -0.613. The van der Waals surface area contributed by atoms with Crippen molar-refractivity contribution in [3.05, 3.63) is 22.4 Å². The minimum absolute atomic E-state index is 0.0540. The van der Waals surface area contributed by atoms with Crippen LogP contribution >= 0.6 is 0 Å². The number of nitrogens with one attached hydrogen (secondary N) is 1. The van der Waals surface area contributed by atoms with E-state index in [4.69, 9.17) is 5.84 Å². The van der Waals surface area contributed by atoms with Gasteiger partial charge in [0, 0.05) is 19.0 Å². The molecule has 2 amide bonds. The molecule has 0 unspecified atom stereocenters. The van der Waals surface area contributed by atoms with Crippen molar-refractivity contribution in [1.29, 1.82) is 0 Å². The van der Waals surface area contributed by atoms with Gasteiger partial charge >= 0.3 is 5.82 Å². The van der Waals surface area contributed by atoms with Gasteiger partial charge in [-0.2, -0.15) is 4.68 Å². The fraction of sp³-hybridized carbons (Fsp3) is 0.545. The first-order valence-corrected chi connectivity index (χ1v) is 6.47. The molecule has 1 saturated heterocycles. The fourth-order valence-corrected chi connectivity index (χ4v) is 2.28. The van der Waals surface area contributed by atoms with E-state index in [0.717, 1.165) is 0 Å². The van der Waals surface area contributed by atoms with Crippen molar-refractivity contribution in [3.63, 3.8) is 0 Å². The maximum atomic E-state index is 12.1. The summed E-state index contributed by atoms with van der Waals surface area (Å²) < 4.78 is 1.24. The lowest BCUT2D eigenvalue weighted by Crippen LogP contribution is -2.45. The molecular formula is C11H16N6O4. The average Bonchev–Trinajstić information content (AvgIpc) is 2.95. The molecule has 2 rings (SSSR count). The average molecular weight is 296 g/mol. The molecule has 0 aromatic carbocycles. The summed E-state index contributed by atoms with van der Waals surface area (Å²) in [6, 6.07) is 1.24. The molecule has 1 fully saturated rings. The number of likely N-dealkylation sites (tertiary alicyclic amines) is 1. The highest BCUT2D eigenvalue weighted by Gasteiger charge is 2.27. The van der Waals surface area contributed by atoms with Crippen molar-refractivity contribution in [2.75, 3.05) is 13.1 Å². The number of nitro groups is 1. The Morgan fingerprint density at radius 1 is 1.48 bits per heavy atom. The van der Waals surface area contributed by atoms with Crippen molar-refractivity contribution in [2.45, 2.75) is 19.4 Å². The van der Waals surface area contributed by atoms with Gasteiger partial charge in [0.05, 0.1) is 17.4 Å². The van der Waals surface area contributed by atoms with Crippen LogP contribution in [0, 0.1) is 16.0 Å². The molecule has 10 heteroatoms. The summed E-state index contributed by atoms with van der Waals surface area (Å²) in [5, 5.41) is 14.2. The van der Waals surface area contributed by atoms with Gasteiger partial charge in [0.25, 0.3) is 0 Å². The zero-order valence-electron chi connectivity index (χ0n) is 11.3. The van der Waals surface area contributed by atoms with Gasteiger partial charge in [0.1, 0.15) is 6.54 Å². The lowest BCUT2D eigenvalue weighted by atomic mass is 9.96. The highest BCUT2D eigenvalue weighted by molar-refractivity contribution is 5.79. The fourth-order valence-electron chi connectivity index (χ4n) is 2.28. The second-order valence-corrected chi connectivity index (χ2v) is 4.79. The Balaban J connectivity index is 1.87. The smallest absolute Gasteiger partial charge is 0.358 e. The summed E-state index contributed by atoms with van der Waals surface area (Å²) >= 11 is 0. The zero-order chi connectivity index (χ0) is 15.4. The Kier molecular flexibility index (Phi) is 4.48. The molecule has 0 atom stereocenters. The number of amides is 2. The Hall–Kier alpha value is -2.49. The molecule has 2 heterocycles. The molecule has 3 N–H and O–H groups in total. The number of nitrogens with zero attached hydrogens (tertiary/aromatic N) is 4. The van der Waals surface area contributed by atoms with Crippen molar-refractivity contribution < 1.29 is 14.5 Å². The van der Waals surface area contributed by atoms with Crippen LogP contribution in [-0.2, 0) is 16.1 Å². The van der Waals surface area contributed by atoms with Crippen LogP contribution in [0.4, 0.5) is 5.82 Å². The normalized spacial score (nSPS) is 15.8. The monoisotopic (exact) mass is 296 g/mol. The Morgan fingerprint density at radius 3 is 2.67 bits per heavy atom. The first-order chi connectivity index (χ1) is 10.0. The van der Waals surface area contributed by atoms with E-state index in [1.807, 2.05) is 0 Å². The highest BCUT2D eigenvalue weighted by atomic mass is 16.6. The number of piperidine rings is 1. The number of nitrogens with two attached hydrogens (primary N) is 1. The first-order valence-electron chi connectivity index (χ1n) is 6.47. The standard InChI is InChI=1S/C11H16N6O4/c12-13-11(19)8-1-4-15(5-2-8)10(18)7-16-6-3-9(14-16)17(20)21/h3,6,8H,1-2,4-5,7,12H2,(H,13,19). The number of hydrazine groups is 1. The predicted molar refractivity (Wildman–Crippen MR) is 70.5 cm³/mol. The quantitative estimate of drug-likeness (QED) is 0.317. The Labute approximate surface area is 120 Å². The molecule has 0 spiro atoms. The summed E-state index contributed by atoms with van der Waals surface area (Å²) in [6.45, 7) is 0.863. The minimum Gasteiger partial charge on any atom is -0.358 e. The van der Waals surface area contributed by atoms with Gasteiger partial charge in [-0.1, -0.05) is 0 Å². The van der Waals surface area contributed by atoms with E-state index in [9.17, 15) is 19.7 Å². The van der Waals surface area contributed by atoms with Crippen molar-refractivity contribution in [2.24, 2.45) is 11.8 Å². The summed E-state index contributed by atoms with van der Waals surface area (Å²) in [4.78, 5) is 35.0. The van der Waals surface area contributed by atoms with E-state index in [1.54, 1.807) is 4.90 Å². The van der Waals surface area contributed by atoms with Crippen LogP contribution < -0.4 is 11.3 Å². The van der Waals surface area contributed by atoms with Crippen LogP contribution in [0.15, 0.2) is 12.3 Å². The van der Waals surface area contributed by atoms with E-state index in [-0.39, 0.29) is 30.1 Å². The van der Waals surface area contributed by atoms with Gasteiger partial charge < -0.3 is 15.0 Å². The van der Waals surface area contributed by atoms with Gasteiger partial charge in [-0.15, -0.1) is 0 Å². The van der Waals surface area contributed by atoms with Gasteiger partial charge in [0.2, 0.25) is 11.8 Å². The number of hydrogen-bond acceptors (Lipinski definition) is 6. The zero-order valence-corrected chi connectivity index (χ0v) is 11.3. The largest absolute Gasteiger partial charge is 0.389 e. The van der Waals surface area contributed by atoms with E-state index >= 15 is 0 Å². The van der Waals surface area contributed by atoms with Crippen LogP contribution in [0.3, 0.4) is 0 Å². The van der Waals surface area contributed by atoms with Crippen LogP contribution in [0.1, 0.15) is 12.8 Å². The van der Waals surface area contributed by atoms with Gasteiger partial charge in [-0.25, -0.2) is 5.84 Å². The molecule has 21 heavy (non-hydrogen) atoms. The second kappa shape index (κ2) is 6.31. The SMILES string of the molecule is NNC(=O)C1CCN(C(=O)Cn2ccc([N+](=O)[O-])n2)CC1. The number of carbonyl (C=O) groups excluding carboxylic acids is 2. The third kappa shape index (κ3) is 3.54.